The van der Waals surface area contributed by atoms with Gasteiger partial charge in [0.1, 0.15) is 6.04 Å². The molecule has 1 N–H and O–H groups in total. The van der Waals surface area contributed by atoms with Crippen molar-refractivity contribution >= 4 is 17.7 Å². The Balaban J connectivity index is 1.92. The van der Waals surface area contributed by atoms with Gasteiger partial charge >= 0.3 is 5.97 Å². The van der Waals surface area contributed by atoms with E-state index in [-0.39, 0.29) is 24.5 Å². The summed E-state index contributed by atoms with van der Waals surface area (Å²) in [5.41, 5.74) is 1.66. The Morgan fingerprint density at radius 1 is 1.14 bits per heavy atom. The first-order valence-electron chi connectivity index (χ1n) is 7.61. The van der Waals surface area contributed by atoms with E-state index in [2.05, 4.69) is 0 Å². The molecule has 0 unspecified atom stereocenters. The molecule has 5 nitrogen and oxygen atoms in total. The number of carbonyl (C=O) groups is 3. The zero-order chi connectivity index (χ0) is 16.1. The number of hydrogen-bond donors (Lipinski definition) is 1. The van der Waals surface area contributed by atoms with Gasteiger partial charge in [-0.3, -0.25) is 9.59 Å². The molecule has 1 aliphatic rings. The van der Waals surface area contributed by atoms with Crippen LogP contribution in [0.15, 0.2) is 24.3 Å². The van der Waals surface area contributed by atoms with Gasteiger partial charge < -0.3 is 10.0 Å². The number of aliphatic carboxylic acids is 1. The fourth-order valence-corrected chi connectivity index (χ4v) is 2.73. The number of nitrogens with zero attached hydrogens (tertiary/aromatic N) is 1. The van der Waals surface area contributed by atoms with Gasteiger partial charge in [0.05, 0.1) is 0 Å². The molecule has 1 fully saturated rings. The highest BCUT2D eigenvalue weighted by molar-refractivity contribution is 5.98. The summed E-state index contributed by atoms with van der Waals surface area (Å²) < 4.78 is 0. The number of rotatable bonds is 5. The minimum atomic E-state index is -0.960. The number of carboxylic acid groups (broad SMARTS) is 1. The second-order valence-corrected chi connectivity index (χ2v) is 5.73. The number of likely N-dealkylation sites (tertiary alicyclic amines) is 1. The molecule has 0 saturated carbocycles. The van der Waals surface area contributed by atoms with Crippen LogP contribution in [0.1, 0.15) is 48.0 Å². The molecular weight excluding hydrogens is 282 g/mol. The smallest absolute Gasteiger partial charge is 0.326 e. The molecule has 1 saturated heterocycles. The third-order valence-corrected chi connectivity index (χ3v) is 4.05. The molecule has 0 bridgehead atoms. The lowest BCUT2D eigenvalue weighted by Gasteiger charge is -2.33. The van der Waals surface area contributed by atoms with Gasteiger partial charge in [0.2, 0.25) is 5.91 Å². The molecule has 118 valence electrons. The van der Waals surface area contributed by atoms with Crippen LogP contribution in [0.25, 0.3) is 0 Å². The zero-order valence-electron chi connectivity index (χ0n) is 12.7. The van der Waals surface area contributed by atoms with E-state index in [1.807, 2.05) is 19.1 Å². The predicted molar refractivity (Wildman–Crippen MR) is 81.7 cm³/mol. The summed E-state index contributed by atoms with van der Waals surface area (Å²) in [5, 5.41) is 9.18. The van der Waals surface area contributed by atoms with Crippen LogP contribution >= 0.6 is 0 Å². The molecule has 1 aliphatic heterocycles. The molecule has 1 atom stereocenters. The number of carboxylic acids is 1. The Morgan fingerprint density at radius 2 is 1.82 bits per heavy atom. The van der Waals surface area contributed by atoms with E-state index < -0.39 is 12.0 Å². The van der Waals surface area contributed by atoms with Gasteiger partial charge in [0.25, 0.3) is 0 Å². The number of carbonyl (C=O) groups excluding carboxylic acids is 2. The summed E-state index contributed by atoms with van der Waals surface area (Å²) in [6.45, 7) is 2.41. The maximum absolute atomic E-state index is 12.2. The van der Waals surface area contributed by atoms with Crippen LogP contribution in [0.2, 0.25) is 0 Å². The monoisotopic (exact) mass is 303 g/mol. The van der Waals surface area contributed by atoms with E-state index in [1.54, 1.807) is 12.1 Å². The molecular formula is C17H21NO4. The van der Waals surface area contributed by atoms with Crippen molar-refractivity contribution in [3.63, 3.8) is 0 Å². The molecule has 1 heterocycles. The summed E-state index contributed by atoms with van der Waals surface area (Å²) >= 11 is 0. The van der Waals surface area contributed by atoms with E-state index in [1.165, 1.54) is 4.90 Å². The lowest BCUT2D eigenvalue weighted by molar-refractivity contribution is -0.152. The Morgan fingerprint density at radius 3 is 2.45 bits per heavy atom. The summed E-state index contributed by atoms with van der Waals surface area (Å²) in [6.07, 6.45) is 2.32. The quantitative estimate of drug-likeness (QED) is 0.848. The van der Waals surface area contributed by atoms with E-state index in [0.29, 0.717) is 18.5 Å². The minimum absolute atomic E-state index is 0.0660. The fraction of sp³-hybridized carbons (Fsp3) is 0.471. The SMILES string of the molecule is Cc1ccc(C(=O)CCC(=O)N2CCCC[C@@H]2C(=O)O)cc1. The van der Waals surface area contributed by atoms with Crippen molar-refractivity contribution in [2.45, 2.75) is 45.1 Å². The Hall–Kier alpha value is -2.17. The van der Waals surface area contributed by atoms with Gasteiger partial charge in [-0.1, -0.05) is 29.8 Å². The molecule has 0 spiro atoms. The van der Waals surface area contributed by atoms with Crippen LogP contribution in [0.4, 0.5) is 0 Å². The first kappa shape index (κ1) is 16.2. The van der Waals surface area contributed by atoms with E-state index in [0.717, 1.165) is 18.4 Å². The second kappa shape index (κ2) is 7.20. The molecule has 0 aromatic heterocycles. The highest BCUT2D eigenvalue weighted by Gasteiger charge is 2.31. The lowest BCUT2D eigenvalue weighted by Crippen LogP contribution is -2.48. The molecule has 1 aromatic rings. The van der Waals surface area contributed by atoms with Crippen LogP contribution in [0.5, 0.6) is 0 Å². The highest BCUT2D eigenvalue weighted by Crippen LogP contribution is 2.19. The molecule has 22 heavy (non-hydrogen) atoms. The number of benzene rings is 1. The average molecular weight is 303 g/mol. The number of Topliss-reactive ketones (excluding diaryl/α,β-unsaturated/α-hetero) is 1. The minimum Gasteiger partial charge on any atom is -0.480 e. The van der Waals surface area contributed by atoms with Crippen molar-refractivity contribution in [2.24, 2.45) is 0 Å². The topological polar surface area (TPSA) is 74.7 Å². The molecule has 2 rings (SSSR count). The van der Waals surface area contributed by atoms with Crippen molar-refractivity contribution < 1.29 is 19.5 Å². The molecule has 0 radical (unpaired) electrons. The molecule has 1 aromatic carbocycles. The summed E-state index contributed by atoms with van der Waals surface area (Å²) in [6, 6.07) is 6.49. The number of hydrogen-bond acceptors (Lipinski definition) is 3. The average Bonchev–Trinajstić information content (AvgIpc) is 2.53. The third-order valence-electron chi connectivity index (χ3n) is 4.05. The summed E-state index contributed by atoms with van der Waals surface area (Å²) in [4.78, 5) is 36.9. The predicted octanol–water partition coefficient (Wildman–Crippen LogP) is 2.42. The van der Waals surface area contributed by atoms with Crippen molar-refractivity contribution in [1.29, 1.82) is 0 Å². The maximum atomic E-state index is 12.2. The van der Waals surface area contributed by atoms with Gasteiger partial charge in [-0.05, 0) is 26.2 Å². The van der Waals surface area contributed by atoms with Crippen LogP contribution < -0.4 is 0 Å². The van der Waals surface area contributed by atoms with E-state index in [4.69, 9.17) is 0 Å². The number of ketones is 1. The van der Waals surface area contributed by atoms with Crippen molar-refractivity contribution in [1.82, 2.24) is 4.90 Å². The van der Waals surface area contributed by atoms with Crippen molar-refractivity contribution in [3.05, 3.63) is 35.4 Å². The number of piperidine rings is 1. The van der Waals surface area contributed by atoms with Crippen LogP contribution in [0, 0.1) is 6.92 Å². The summed E-state index contributed by atoms with van der Waals surface area (Å²) in [7, 11) is 0. The first-order chi connectivity index (χ1) is 10.5. The molecule has 5 heteroatoms. The normalized spacial score (nSPS) is 18.0. The Bertz CT molecular complexity index is 565. The zero-order valence-corrected chi connectivity index (χ0v) is 12.7. The number of aryl methyl sites for hydroxylation is 1. The highest BCUT2D eigenvalue weighted by atomic mass is 16.4. The standard InChI is InChI=1S/C17H21NO4/c1-12-5-7-13(8-6-12)15(19)9-10-16(20)18-11-3-2-4-14(18)17(21)22/h5-8,14H,2-4,9-11H2,1H3,(H,21,22)/t14-/m1/s1. The second-order valence-electron chi connectivity index (χ2n) is 5.73. The molecule has 1 amide bonds. The van der Waals surface area contributed by atoms with Gasteiger partial charge in [-0.25, -0.2) is 4.79 Å². The molecule has 0 aliphatic carbocycles. The maximum Gasteiger partial charge on any atom is 0.326 e. The number of amides is 1. The summed E-state index contributed by atoms with van der Waals surface area (Å²) in [5.74, 6) is -1.29. The van der Waals surface area contributed by atoms with Crippen molar-refractivity contribution in [2.75, 3.05) is 6.54 Å². The lowest BCUT2D eigenvalue weighted by atomic mass is 10.0. The first-order valence-corrected chi connectivity index (χ1v) is 7.61. The van der Waals surface area contributed by atoms with E-state index in [9.17, 15) is 19.5 Å². The third kappa shape index (κ3) is 3.93. The van der Waals surface area contributed by atoms with Crippen LogP contribution in [-0.2, 0) is 9.59 Å². The van der Waals surface area contributed by atoms with Gasteiger partial charge in [-0.2, -0.15) is 0 Å². The van der Waals surface area contributed by atoms with Gasteiger partial charge in [-0.15, -0.1) is 0 Å². The fourth-order valence-electron chi connectivity index (χ4n) is 2.73. The van der Waals surface area contributed by atoms with Crippen LogP contribution in [-0.4, -0.2) is 40.3 Å². The van der Waals surface area contributed by atoms with Crippen molar-refractivity contribution in [3.8, 4) is 0 Å². The largest absolute Gasteiger partial charge is 0.480 e. The van der Waals surface area contributed by atoms with Gasteiger partial charge in [0, 0.05) is 24.9 Å². The van der Waals surface area contributed by atoms with E-state index >= 15 is 0 Å². The van der Waals surface area contributed by atoms with Gasteiger partial charge in [0.15, 0.2) is 5.78 Å². The van der Waals surface area contributed by atoms with Crippen LogP contribution in [0.3, 0.4) is 0 Å². The Kier molecular flexibility index (Phi) is 5.31. The Labute approximate surface area is 129 Å².